The highest BCUT2D eigenvalue weighted by Crippen LogP contribution is 2.19. The molecule has 1 aromatic rings. The Labute approximate surface area is 155 Å². The van der Waals surface area contributed by atoms with Crippen molar-refractivity contribution in [3.63, 3.8) is 0 Å². The topological polar surface area (TPSA) is 47.0 Å². The molecule has 5 nitrogen and oxygen atoms in total. The third-order valence-electron chi connectivity index (χ3n) is 5.64. The van der Waals surface area contributed by atoms with E-state index in [2.05, 4.69) is 16.7 Å². The number of nitrogens with zero attached hydrogens (tertiary/aromatic N) is 3. The number of carbonyl (C=O) groups excluding carboxylic acids is 1. The number of piperazine rings is 1. The highest BCUT2D eigenvalue weighted by Gasteiger charge is 2.27. The zero-order chi connectivity index (χ0) is 18.5. The zero-order valence-electron chi connectivity index (χ0n) is 15.6. The van der Waals surface area contributed by atoms with Crippen LogP contribution in [0.3, 0.4) is 0 Å². The Morgan fingerprint density at radius 2 is 1.85 bits per heavy atom. The molecule has 0 radical (unpaired) electrons. The summed E-state index contributed by atoms with van der Waals surface area (Å²) >= 11 is 0. The molecule has 1 N–H and O–H groups in total. The third kappa shape index (κ3) is 4.81. The molecule has 0 bridgehead atoms. The van der Waals surface area contributed by atoms with Gasteiger partial charge >= 0.3 is 0 Å². The largest absolute Gasteiger partial charge is 0.387 e. The first-order chi connectivity index (χ1) is 12.5. The number of hydrogen-bond donors (Lipinski definition) is 1. The van der Waals surface area contributed by atoms with Gasteiger partial charge in [-0.1, -0.05) is 18.2 Å². The van der Waals surface area contributed by atoms with Crippen molar-refractivity contribution in [3.8, 4) is 0 Å². The lowest BCUT2D eigenvalue weighted by atomic mass is 10.0. The van der Waals surface area contributed by atoms with Crippen molar-refractivity contribution in [1.29, 1.82) is 0 Å². The van der Waals surface area contributed by atoms with E-state index in [0.29, 0.717) is 24.7 Å². The molecule has 26 heavy (non-hydrogen) atoms. The van der Waals surface area contributed by atoms with E-state index in [-0.39, 0.29) is 11.7 Å². The van der Waals surface area contributed by atoms with Crippen LogP contribution in [0.2, 0.25) is 0 Å². The summed E-state index contributed by atoms with van der Waals surface area (Å²) in [5.41, 5.74) is 0.351. The van der Waals surface area contributed by atoms with Crippen molar-refractivity contribution in [2.45, 2.75) is 38.3 Å². The number of β-amino-alcohol motifs (C(OH)–C–C–N with tert-alkyl or cyclic N) is 1. The molecule has 2 heterocycles. The number of amides is 1. The molecule has 6 heteroatoms. The van der Waals surface area contributed by atoms with Crippen LogP contribution in [0.5, 0.6) is 0 Å². The van der Waals surface area contributed by atoms with E-state index in [0.717, 1.165) is 45.6 Å². The minimum absolute atomic E-state index is 0.233. The molecule has 0 aliphatic carbocycles. The van der Waals surface area contributed by atoms with Crippen LogP contribution < -0.4 is 0 Å². The van der Waals surface area contributed by atoms with Crippen LogP contribution >= 0.6 is 0 Å². The normalized spacial score (nSPS) is 23.8. The van der Waals surface area contributed by atoms with Crippen molar-refractivity contribution in [2.24, 2.45) is 0 Å². The first kappa shape index (κ1) is 19.3. The Balaban J connectivity index is 1.44. The molecule has 3 rings (SSSR count). The van der Waals surface area contributed by atoms with Crippen LogP contribution in [-0.2, 0) is 4.79 Å². The highest BCUT2D eigenvalue weighted by molar-refractivity contribution is 5.78. The van der Waals surface area contributed by atoms with Crippen molar-refractivity contribution in [2.75, 3.05) is 45.8 Å². The standard InChI is InChI=1S/C20H30FN3O2/c1-16-6-4-5-9-24(16)20(26)15-23-12-10-22(11-13-23)14-19(25)17-7-2-3-8-18(17)21/h2-3,7-8,16,19,25H,4-6,9-15H2,1H3/t16-,19+/m0/s1. The molecule has 0 spiro atoms. The van der Waals surface area contributed by atoms with E-state index in [1.165, 1.54) is 12.5 Å². The van der Waals surface area contributed by atoms with E-state index in [9.17, 15) is 14.3 Å². The van der Waals surface area contributed by atoms with Gasteiger partial charge in [0, 0.05) is 50.9 Å². The summed E-state index contributed by atoms with van der Waals surface area (Å²) in [5, 5.41) is 10.3. The summed E-state index contributed by atoms with van der Waals surface area (Å²) < 4.78 is 13.8. The van der Waals surface area contributed by atoms with Gasteiger partial charge in [0.05, 0.1) is 12.6 Å². The fourth-order valence-corrected chi connectivity index (χ4v) is 3.97. The highest BCUT2D eigenvalue weighted by atomic mass is 19.1. The van der Waals surface area contributed by atoms with Crippen LogP contribution in [0.4, 0.5) is 4.39 Å². The lowest BCUT2D eigenvalue weighted by Gasteiger charge is -2.38. The number of rotatable bonds is 5. The Bertz CT molecular complexity index is 604. The smallest absolute Gasteiger partial charge is 0.236 e. The maximum absolute atomic E-state index is 13.8. The van der Waals surface area contributed by atoms with Gasteiger partial charge in [-0.2, -0.15) is 0 Å². The number of halogens is 1. The Kier molecular flexibility index (Phi) is 6.62. The predicted molar refractivity (Wildman–Crippen MR) is 99.3 cm³/mol. The summed E-state index contributed by atoms with van der Waals surface area (Å²) in [6, 6.07) is 6.74. The monoisotopic (exact) mass is 363 g/mol. The summed E-state index contributed by atoms with van der Waals surface area (Å²) in [5.74, 6) is -0.128. The van der Waals surface area contributed by atoms with Crippen LogP contribution in [0, 0.1) is 5.82 Å². The Morgan fingerprint density at radius 1 is 1.15 bits per heavy atom. The average Bonchev–Trinajstić information content (AvgIpc) is 2.64. The SMILES string of the molecule is C[C@H]1CCCCN1C(=O)CN1CCN(C[C@@H](O)c2ccccc2F)CC1. The van der Waals surface area contributed by atoms with Crippen molar-refractivity contribution >= 4 is 5.91 Å². The van der Waals surface area contributed by atoms with Crippen molar-refractivity contribution in [3.05, 3.63) is 35.6 Å². The molecule has 1 amide bonds. The maximum Gasteiger partial charge on any atom is 0.236 e. The number of aliphatic hydroxyl groups excluding tert-OH is 1. The molecule has 0 saturated carbocycles. The second-order valence-electron chi connectivity index (χ2n) is 7.55. The molecule has 144 valence electrons. The number of carbonyl (C=O) groups is 1. The predicted octanol–water partition coefficient (Wildman–Crippen LogP) is 1.88. The minimum Gasteiger partial charge on any atom is -0.387 e. The molecule has 2 saturated heterocycles. The summed E-state index contributed by atoms with van der Waals surface area (Å²) in [6.07, 6.45) is 2.61. The number of piperidine rings is 1. The van der Waals surface area contributed by atoms with Gasteiger partial charge in [0.1, 0.15) is 5.82 Å². The number of likely N-dealkylation sites (tertiary alicyclic amines) is 1. The molecule has 0 unspecified atom stereocenters. The third-order valence-corrected chi connectivity index (χ3v) is 5.64. The fraction of sp³-hybridized carbons (Fsp3) is 0.650. The lowest BCUT2D eigenvalue weighted by Crippen LogP contribution is -2.52. The summed E-state index contributed by atoms with van der Waals surface area (Å²) in [7, 11) is 0. The molecule has 2 aliphatic rings. The molecule has 2 aliphatic heterocycles. The van der Waals surface area contributed by atoms with Crippen LogP contribution in [0.25, 0.3) is 0 Å². The molecule has 0 aromatic heterocycles. The average molecular weight is 363 g/mol. The molecule has 2 fully saturated rings. The number of hydrogen-bond acceptors (Lipinski definition) is 4. The van der Waals surface area contributed by atoms with E-state index in [1.54, 1.807) is 18.2 Å². The zero-order valence-corrected chi connectivity index (χ0v) is 15.6. The van der Waals surface area contributed by atoms with Gasteiger partial charge in [-0.15, -0.1) is 0 Å². The van der Waals surface area contributed by atoms with Gasteiger partial charge in [-0.05, 0) is 32.3 Å². The lowest BCUT2D eigenvalue weighted by molar-refractivity contribution is -0.136. The van der Waals surface area contributed by atoms with E-state index < -0.39 is 6.10 Å². The second kappa shape index (κ2) is 8.93. The summed E-state index contributed by atoms with van der Waals surface area (Å²) in [4.78, 5) is 18.9. The number of aliphatic hydroxyl groups is 1. The van der Waals surface area contributed by atoms with Gasteiger partial charge in [0.2, 0.25) is 5.91 Å². The minimum atomic E-state index is -0.821. The Hall–Kier alpha value is -1.50. The Morgan fingerprint density at radius 3 is 2.54 bits per heavy atom. The molecule has 1 aromatic carbocycles. The maximum atomic E-state index is 13.8. The van der Waals surface area contributed by atoms with E-state index >= 15 is 0 Å². The van der Waals surface area contributed by atoms with Gasteiger partial charge in [0.25, 0.3) is 0 Å². The quantitative estimate of drug-likeness (QED) is 0.868. The van der Waals surface area contributed by atoms with Crippen molar-refractivity contribution in [1.82, 2.24) is 14.7 Å². The van der Waals surface area contributed by atoms with Crippen LogP contribution in [0.15, 0.2) is 24.3 Å². The first-order valence-electron chi connectivity index (χ1n) is 9.71. The molecule has 2 atom stereocenters. The van der Waals surface area contributed by atoms with Crippen LogP contribution in [-0.4, -0.2) is 77.6 Å². The summed E-state index contributed by atoms with van der Waals surface area (Å²) in [6.45, 7) is 7.10. The second-order valence-corrected chi connectivity index (χ2v) is 7.55. The van der Waals surface area contributed by atoms with Crippen molar-refractivity contribution < 1.29 is 14.3 Å². The first-order valence-corrected chi connectivity index (χ1v) is 9.71. The van der Waals surface area contributed by atoms with Gasteiger partial charge < -0.3 is 10.0 Å². The number of benzene rings is 1. The van der Waals surface area contributed by atoms with E-state index in [4.69, 9.17) is 0 Å². The van der Waals surface area contributed by atoms with Gasteiger partial charge in [-0.25, -0.2) is 4.39 Å². The molecular weight excluding hydrogens is 333 g/mol. The van der Waals surface area contributed by atoms with Crippen LogP contribution in [0.1, 0.15) is 37.9 Å². The molecular formula is C20H30FN3O2. The van der Waals surface area contributed by atoms with Gasteiger partial charge in [0.15, 0.2) is 0 Å². The fourth-order valence-electron chi connectivity index (χ4n) is 3.97. The van der Waals surface area contributed by atoms with Gasteiger partial charge in [-0.3, -0.25) is 14.6 Å². The van der Waals surface area contributed by atoms with E-state index in [1.807, 2.05) is 4.90 Å².